The monoisotopic (exact) mass is 245 g/mol. The number of nitrogens with zero attached hydrogens (tertiary/aromatic N) is 3. The molecule has 0 amide bonds. The second-order valence-corrected chi connectivity index (χ2v) is 3.94. The molecule has 0 aliphatic heterocycles. The van der Waals surface area contributed by atoms with E-state index in [0.717, 1.165) is 16.9 Å². The molecule has 1 aromatic carbocycles. The van der Waals surface area contributed by atoms with Crippen LogP contribution < -0.4 is 0 Å². The maximum atomic E-state index is 5.83. The van der Waals surface area contributed by atoms with Gasteiger partial charge in [0.25, 0.3) is 0 Å². The maximum Gasteiger partial charge on any atom is 0.124 e. The third-order valence-corrected chi connectivity index (χ3v) is 2.62. The second kappa shape index (κ2) is 4.07. The fourth-order valence-electron chi connectivity index (χ4n) is 1.51. The minimum absolute atomic E-state index is 0.705. The standard InChI is InChI=1S/C12H8ClN3O/c13-10-3-1-9(2-4-10)12-7-14-16(15-12)11-5-6-17-8-11/h1-8H. The van der Waals surface area contributed by atoms with E-state index >= 15 is 0 Å². The van der Waals surface area contributed by atoms with E-state index in [9.17, 15) is 0 Å². The zero-order valence-electron chi connectivity index (χ0n) is 8.75. The lowest BCUT2D eigenvalue weighted by molar-refractivity contribution is 0.562. The highest BCUT2D eigenvalue weighted by Gasteiger charge is 2.05. The molecule has 17 heavy (non-hydrogen) atoms. The zero-order chi connectivity index (χ0) is 11.7. The molecule has 0 N–H and O–H groups in total. The molecule has 0 saturated heterocycles. The molecule has 0 fully saturated rings. The molecule has 0 unspecified atom stereocenters. The highest BCUT2D eigenvalue weighted by molar-refractivity contribution is 6.30. The van der Waals surface area contributed by atoms with Gasteiger partial charge in [-0.1, -0.05) is 23.7 Å². The number of benzene rings is 1. The largest absolute Gasteiger partial charge is 0.470 e. The van der Waals surface area contributed by atoms with Crippen LogP contribution in [0.25, 0.3) is 16.9 Å². The molecule has 3 rings (SSSR count). The van der Waals surface area contributed by atoms with Crippen molar-refractivity contribution in [3.05, 3.63) is 54.1 Å². The molecule has 0 spiro atoms. The fraction of sp³-hybridized carbons (Fsp3) is 0. The molecule has 0 atom stereocenters. The zero-order valence-corrected chi connectivity index (χ0v) is 9.50. The van der Waals surface area contributed by atoms with Gasteiger partial charge in [-0.05, 0) is 12.1 Å². The SMILES string of the molecule is Clc1ccc(-c2cnn(-c3ccoc3)n2)cc1. The van der Waals surface area contributed by atoms with Crippen LogP contribution in [0.15, 0.2) is 53.5 Å². The Bertz CT molecular complexity index is 614. The van der Waals surface area contributed by atoms with E-state index in [4.69, 9.17) is 16.0 Å². The summed E-state index contributed by atoms with van der Waals surface area (Å²) in [5, 5.41) is 9.23. The number of aromatic nitrogens is 3. The van der Waals surface area contributed by atoms with Crippen LogP contribution in [0.2, 0.25) is 5.02 Å². The van der Waals surface area contributed by atoms with E-state index in [-0.39, 0.29) is 0 Å². The van der Waals surface area contributed by atoms with Gasteiger partial charge >= 0.3 is 0 Å². The van der Waals surface area contributed by atoms with E-state index in [0.29, 0.717) is 5.02 Å². The van der Waals surface area contributed by atoms with Crippen molar-refractivity contribution >= 4 is 11.6 Å². The van der Waals surface area contributed by atoms with E-state index in [2.05, 4.69) is 10.2 Å². The molecule has 2 heterocycles. The van der Waals surface area contributed by atoms with Crippen LogP contribution in [0.4, 0.5) is 0 Å². The average molecular weight is 246 g/mol. The van der Waals surface area contributed by atoms with Gasteiger partial charge in [-0.25, -0.2) is 0 Å². The predicted molar refractivity (Wildman–Crippen MR) is 64.1 cm³/mol. The maximum absolute atomic E-state index is 5.83. The van der Waals surface area contributed by atoms with E-state index < -0.39 is 0 Å². The number of rotatable bonds is 2. The van der Waals surface area contributed by atoms with E-state index in [1.165, 1.54) is 4.80 Å². The summed E-state index contributed by atoms with van der Waals surface area (Å²) in [7, 11) is 0. The quantitative estimate of drug-likeness (QED) is 0.696. The number of furan rings is 1. The van der Waals surface area contributed by atoms with Crippen molar-refractivity contribution in [1.82, 2.24) is 15.0 Å². The molecule has 5 heteroatoms. The normalized spacial score (nSPS) is 10.6. The summed E-state index contributed by atoms with van der Waals surface area (Å²) in [6.45, 7) is 0. The summed E-state index contributed by atoms with van der Waals surface area (Å²) in [4.78, 5) is 1.52. The summed E-state index contributed by atoms with van der Waals surface area (Å²) in [6, 6.07) is 9.27. The molecule has 0 bridgehead atoms. The van der Waals surface area contributed by atoms with Gasteiger partial charge in [-0.2, -0.15) is 5.10 Å². The first-order chi connectivity index (χ1) is 8.33. The van der Waals surface area contributed by atoms with Gasteiger partial charge in [0.1, 0.15) is 17.6 Å². The van der Waals surface area contributed by atoms with Crippen molar-refractivity contribution in [3.63, 3.8) is 0 Å². The first kappa shape index (κ1) is 10.1. The Labute approximate surface area is 102 Å². The Balaban J connectivity index is 1.98. The van der Waals surface area contributed by atoms with E-state index in [1.807, 2.05) is 24.3 Å². The fourth-order valence-corrected chi connectivity index (χ4v) is 1.64. The van der Waals surface area contributed by atoms with Crippen molar-refractivity contribution in [2.45, 2.75) is 0 Å². The number of halogens is 1. The minimum Gasteiger partial charge on any atom is -0.470 e. The average Bonchev–Trinajstić information content (AvgIpc) is 3.00. The minimum atomic E-state index is 0.705. The predicted octanol–water partition coefficient (Wildman–Crippen LogP) is 3.18. The summed E-state index contributed by atoms with van der Waals surface area (Å²) in [5.74, 6) is 0. The summed E-state index contributed by atoms with van der Waals surface area (Å²) in [6.07, 6.45) is 4.88. The summed E-state index contributed by atoms with van der Waals surface area (Å²) in [5.41, 5.74) is 2.57. The number of hydrogen-bond acceptors (Lipinski definition) is 3. The number of hydrogen-bond donors (Lipinski definition) is 0. The Morgan fingerprint density at radius 3 is 2.65 bits per heavy atom. The van der Waals surface area contributed by atoms with Gasteiger partial charge in [0, 0.05) is 16.7 Å². The molecule has 0 radical (unpaired) electrons. The summed E-state index contributed by atoms with van der Waals surface area (Å²) >= 11 is 5.83. The van der Waals surface area contributed by atoms with Crippen molar-refractivity contribution in [2.24, 2.45) is 0 Å². The Kier molecular flexibility index (Phi) is 2.42. The van der Waals surface area contributed by atoms with Crippen LogP contribution >= 0.6 is 11.6 Å². The van der Waals surface area contributed by atoms with Crippen molar-refractivity contribution in [3.8, 4) is 16.9 Å². The molecule has 3 aromatic rings. The van der Waals surface area contributed by atoms with Gasteiger partial charge in [0.15, 0.2) is 0 Å². The second-order valence-electron chi connectivity index (χ2n) is 3.51. The molecule has 0 aliphatic carbocycles. The van der Waals surface area contributed by atoms with Crippen LogP contribution in [-0.4, -0.2) is 15.0 Å². The molecular formula is C12H8ClN3O. The summed E-state index contributed by atoms with van der Waals surface area (Å²) < 4.78 is 4.98. The Morgan fingerprint density at radius 1 is 1.12 bits per heavy atom. The van der Waals surface area contributed by atoms with Crippen LogP contribution in [0.5, 0.6) is 0 Å². The molecule has 0 aliphatic rings. The van der Waals surface area contributed by atoms with Gasteiger partial charge in [0.05, 0.1) is 12.5 Å². The molecular weight excluding hydrogens is 238 g/mol. The van der Waals surface area contributed by atoms with Gasteiger partial charge in [-0.3, -0.25) is 0 Å². The Hall–Kier alpha value is -2.07. The molecule has 4 nitrogen and oxygen atoms in total. The lowest BCUT2D eigenvalue weighted by Gasteiger charge is -1.95. The van der Waals surface area contributed by atoms with Gasteiger partial charge in [0.2, 0.25) is 0 Å². The highest BCUT2D eigenvalue weighted by atomic mass is 35.5. The lowest BCUT2D eigenvalue weighted by Crippen LogP contribution is -1.96. The Morgan fingerprint density at radius 2 is 1.94 bits per heavy atom. The smallest absolute Gasteiger partial charge is 0.124 e. The topological polar surface area (TPSA) is 43.9 Å². The van der Waals surface area contributed by atoms with Crippen LogP contribution in [-0.2, 0) is 0 Å². The van der Waals surface area contributed by atoms with Gasteiger partial charge < -0.3 is 4.42 Å². The molecule has 84 valence electrons. The molecule has 0 saturated carbocycles. The van der Waals surface area contributed by atoms with Crippen LogP contribution in [0, 0.1) is 0 Å². The van der Waals surface area contributed by atoms with Crippen LogP contribution in [0.3, 0.4) is 0 Å². The first-order valence-electron chi connectivity index (χ1n) is 5.04. The third-order valence-electron chi connectivity index (χ3n) is 2.37. The highest BCUT2D eigenvalue weighted by Crippen LogP contribution is 2.19. The van der Waals surface area contributed by atoms with E-state index in [1.54, 1.807) is 24.8 Å². The third kappa shape index (κ3) is 1.94. The van der Waals surface area contributed by atoms with Gasteiger partial charge in [-0.15, -0.1) is 9.90 Å². The molecule has 2 aromatic heterocycles. The lowest BCUT2D eigenvalue weighted by atomic mass is 10.2. The van der Waals surface area contributed by atoms with Crippen molar-refractivity contribution < 1.29 is 4.42 Å². The van der Waals surface area contributed by atoms with Crippen molar-refractivity contribution in [1.29, 1.82) is 0 Å². The van der Waals surface area contributed by atoms with Crippen molar-refractivity contribution in [2.75, 3.05) is 0 Å². The van der Waals surface area contributed by atoms with Crippen LogP contribution in [0.1, 0.15) is 0 Å². The first-order valence-corrected chi connectivity index (χ1v) is 5.41.